The van der Waals surface area contributed by atoms with Gasteiger partial charge >= 0.3 is 5.97 Å². The molecule has 1 aliphatic carbocycles. The number of halogens is 1. The van der Waals surface area contributed by atoms with Crippen molar-refractivity contribution in [2.75, 3.05) is 6.54 Å². The summed E-state index contributed by atoms with van der Waals surface area (Å²) in [6, 6.07) is 5.31. The van der Waals surface area contributed by atoms with Crippen molar-refractivity contribution < 1.29 is 18.8 Å². The minimum Gasteiger partial charge on any atom is -0.477 e. The zero-order valence-electron chi connectivity index (χ0n) is 14.3. The van der Waals surface area contributed by atoms with E-state index in [1.165, 1.54) is 56.4 Å². The van der Waals surface area contributed by atoms with Gasteiger partial charge < -0.3 is 14.9 Å². The standard InChI is InChI=1S/C19H23FN2O3/c1-12(21-11-13-5-3-2-4-6-13)18-16(19(23)24)17(22-25-18)14-7-9-15(20)10-8-14/h7-10,12-13,21H,2-6,11H2,1H3,(H,23,24)/t12-/m1/s1. The van der Waals surface area contributed by atoms with Gasteiger partial charge in [0.2, 0.25) is 0 Å². The highest BCUT2D eigenvalue weighted by Gasteiger charge is 2.27. The van der Waals surface area contributed by atoms with Crippen LogP contribution in [0.25, 0.3) is 11.3 Å². The van der Waals surface area contributed by atoms with Crippen molar-refractivity contribution in [3.8, 4) is 11.3 Å². The largest absolute Gasteiger partial charge is 0.477 e. The lowest BCUT2D eigenvalue weighted by molar-refractivity contribution is 0.0694. The molecule has 1 aromatic carbocycles. The number of rotatable bonds is 6. The van der Waals surface area contributed by atoms with E-state index < -0.39 is 5.97 Å². The number of aromatic carboxylic acids is 1. The molecule has 3 rings (SSSR count). The Bertz CT molecular complexity index is 721. The van der Waals surface area contributed by atoms with Crippen LogP contribution in [0, 0.1) is 11.7 Å². The van der Waals surface area contributed by atoms with Crippen LogP contribution in [0.2, 0.25) is 0 Å². The van der Waals surface area contributed by atoms with Gasteiger partial charge in [0.15, 0.2) is 5.76 Å². The Morgan fingerprint density at radius 3 is 2.64 bits per heavy atom. The number of carbonyl (C=O) groups is 1. The summed E-state index contributed by atoms with van der Waals surface area (Å²) in [5.74, 6) is -0.541. The van der Waals surface area contributed by atoms with Crippen LogP contribution < -0.4 is 5.32 Å². The SMILES string of the molecule is C[C@@H](NCC1CCCCC1)c1onc(-c2ccc(F)cc2)c1C(=O)O. The van der Waals surface area contributed by atoms with Crippen LogP contribution in [0.15, 0.2) is 28.8 Å². The molecule has 0 saturated heterocycles. The molecule has 2 aromatic rings. The molecule has 2 N–H and O–H groups in total. The van der Waals surface area contributed by atoms with E-state index in [-0.39, 0.29) is 23.1 Å². The zero-order valence-corrected chi connectivity index (χ0v) is 14.3. The molecule has 0 radical (unpaired) electrons. The Morgan fingerprint density at radius 1 is 1.32 bits per heavy atom. The number of benzene rings is 1. The summed E-state index contributed by atoms with van der Waals surface area (Å²) in [4.78, 5) is 11.8. The quantitative estimate of drug-likeness (QED) is 0.810. The van der Waals surface area contributed by atoms with Crippen LogP contribution in [0.5, 0.6) is 0 Å². The molecule has 0 aliphatic heterocycles. The molecular formula is C19H23FN2O3. The third-order valence-electron chi connectivity index (χ3n) is 4.88. The molecule has 134 valence electrons. The van der Waals surface area contributed by atoms with Crippen molar-refractivity contribution in [3.05, 3.63) is 41.4 Å². The van der Waals surface area contributed by atoms with Gasteiger partial charge in [-0.3, -0.25) is 0 Å². The smallest absolute Gasteiger partial charge is 0.341 e. The summed E-state index contributed by atoms with van der Waals surface area (Å²) in [6.07, 6.45) is 6.25. The molecule has 1 aromatic heterocycles. The number of nitrogens with zero attached hydrogens (tertiary/aromatic N) is 1. The van der Waals surface area contributed by atoms with Crippen LogP contribution >= 0.6 is 0 Å². The first-order chi connectivity index (χ1) is 12.1. The normalized spacial score (nSPS) is 16.7. The van der Waals surface area contributed by atoms with Gasteiger partial charge in [-0.15, -0.1) is 0 Å². The van der Waals surface area contributed by atoms with Crippen molar-refractivity contribution in [3.63, 3.8) is 0 Å². The van der Waals surface area contributed by atoms with Crippen LogP contribution in [0.4, 0.5) is 4.39 Å². The third-order valence-corrected chi connectivity index (χ3v) is 4.88. The fraction of sp³-hybridized carbons (Fsp3) is 0.474. The monoisotopic (exact) mass is 346 g/mol. The molecule has 1 aliphatic rings. The van der Waals surface area contributed by atoms with Crippen molar-refractivity contribution in [1.29, 1.82) is 0 Å². The van der Waals surface area contributed by atoms with Crippen molar-refractivity contribution >= 4 is 5.97 Å². The Morgan fingerprint density at radius 2 is 2.00 bits per heavy atom. The fourth-order valence-corrected chi connectivity index (χ4v) is 3.44. The summed E-state index contributed by atoms with van der Waals surface area (Å²) >= 11 is 0. The average Bonchev–Trinajstić information content (AvgIpc) is 3.06. The number of hydrogen-bond donors (Lipinski definition) is 2. The maximum absolute atomic E-state index is 13.1. The molecular weight excluding hydrogens is 323 g/mol. The first kappa shape index (κ1) is 17.6. The van der Waals surface area contributed by atoms with Gasteiger partial charge in [0.05, 0.1) is 6.04 Å². The van der Waals surface area contributed by atoms with Gasteiger partial charge in [0.25, 0.3) is 0 Å². The van der Waals surface area contributed by atoms with E-state index in [0.717, 1.165) is 6.54 Å². The second kappa shape index (κ2) is 7.78. The summed E-state index contributed by atoms with van der Waals surface area (Å²) in [5, 5.41) is 16.9. The second-order valence-electron chi connectivity index (χ2n) is 6.72. The van der Waals surface area contributed by atoms with Crippen molar-refractivity contribution in [2.45, 2.75) is 45.1 Å². The summed E-state index contributed by atoms with van der Waals surface area (Å²) in [7, 11) is 0. The lowest BCUT2D eigenvalue weighted by Gasteiger charge is -2.23. The van der Waals surface area contributed by atoms with E-state index in [0.29, 0.717) is 17.2 Å². The van der Waals surface area contributed by atoms with E-state index in [1.54, 1.807) is 0 Å². The molecule has 5 nitrogen and oxygen atoms in total. The van der Waals surface area contributed by atoms with Crippen LogP contribution in [0.1, 0.15) is 61.2 Å². The second-order valence-corrected chi connectivity index (χ2v) is 6.72. The number of carboxylic acid groups (broad SMARTS) is 1. The highest BCUT2D eigenvalue weighted by Crippen LogP contribution is 2.30. The molecule has 0 amide bonds. The number of nitrogens with one attached hydrogen (secondary N) is 1. The maximum Gasteiger partial charge on any atom is 0.341 e. The zero-order chi connectivity index (χ0) is 17.8. The molecule has 1 heterocycles. The number of aromatic nitrogens is 1. The fourth-order valence-electron chi connectivity index (χ4n) is 3.44. The van der Waals surface area contributed by atoms with E-state index in [4.69, 9.17) is 4.52 Å². The lowest BCUT2D eigenvalue weighted by atomic mass is 9.89. The Hall–Kier alpha value is -2.21. The van der Waals surface area contributed by atoms with Crippen LogP contribution in [0.3, 0.4) is 0 Å². The van der Waals surface area contributed by atoms with E-state index in [9.17, 15) is 14.3 Å². The Balaban J connectivity index is 1.78. The Kier molecular flexibility index (Phi) is 5.48. The predicted octanol–water partition coefficient (Wildman–Crippen LogP) is 4.41. The van der Waals surface area contributed by atoms with Gasteiger partial charge in [0.1, 0.15) is 17.1 Å². The molecule has 1 saturated carbocycles. The van der Waals surface area contributed by atoms with Crippen molar-refractivity contribution in [1.82, 2.24) is 10.5 Å². The highest BCUT2D eigenvalue weighted by atomic mass is 19.1. The molecule has 0 bridgehead atoms. The summed E-state index contributed by atoms with van der Waals surface area (Å²) in [5.41, 5.74) is 0.789. The minimum atomic E-state index is -1.10. The number of hydrogen-bond acceptors (Lipinski definition) is 4. The van der Waals surface area contributed by atoms with Gasteiger partial charge in [-0.05, 0) is 56.5 Å². The number of carboxylic acids is 1. The molecule has 1 fully saturated rings. The lowest BCUT2D eigenvalue weighted by Crippen LogP contribution is -2.27. The molecule has 6 heteroatoms. The molecule has 0 unspecified atom stereocenters. The average molecular weight is 346 g/mol. The van der Waals surface area contributed by atoms with Gasteiger partial charge in [-0.2, -0.15) is 0 Å². The van der Waals surface area contributed by atoms with Gasteiger partial charge in [-0.25, -0.2) is 9.18 Å². The molecule has 25 heavy (non-hydrogen) atoms. The van der Waals surface area contributed by atoms with Gasteiger partial charge in [0, 0.05) is 5.56 Å². The first-order valence-electron chi connectivity index (χ1n) is 8.78. The third kappa shape index (κ3) is 4.07. The van der Waals surface area contributed by atoms with E-state index >= 15 is 0 Å². The first-order valence-corrected chi connectivity index (χ1v) is 8.78. The maximum atomic E-state index is 13.1. The predicted molar refractivity (Wildman–Crippen MR) is 91.8 cm³/mol. The summed E-state index contributed by atoms with van der Waals surface area (Å²) in [6.45, 7) is 2.72. The highest BCUT2D eigenvalue weighted by molar-refractivity contribution is 5.95. The van der Waals surface area contributed by atoms with Gasteiger partial charge in [-0.1, -0.05) is 24.4 Å². The molecule has 0 spiro atoms. The minimum absolute atomic E-state index is 0.0373. The van der Waals surface area contributed by atoms with Crippen LogP contribution in [-0.4, -0.2) is 22.8 Å². The van der Waals surface area contributed by atoms with E-state index in [1.807, 2.05) is 6.92 Å². The molecule has 1 atom stereocenters. The topological polar surface area (TPSA) is 75.4 Å². The van der Waals surface area contributed by atoms with E-state index in [2.05, 4.69) is 10.5 Å². The summed E-state index contributed by atoms with van der Waals surface area (Å²) < 4.78 is 18.5. The Labute approximate surface area is 146 Å². The van der Waals surface area contributed by atoms with Crippen LogP contribution in [-0.2, 0) is 0 Å². The van der Waals surface area contributed by atoms with Crippen molar-refractivity contribution in [2.24, 2.45) is 5.92 Å².